The number of aromatic amines is 1. The molecule has 4 heteroatoms. The summed E-state index contributed by atoms with van der Waals surface area (Å²) in [4.78, 5) is 18.0. The van der Waals surface area contributed by atoms with Gasteiger partial charge in [-0.2, -0.15) is 0 Å². The molecule has 1 aromatic heterocycles. The summed E-state index contributed by atoms with van der Waals surface area (Å²) in [7, 11) is 0. The molecule has 126 valence electrons. The van der Waals surface area contributed by atoms with E-state index in [1.807, 2.05) is 72.8 Å². The number of aliphatic imine (C=N–C) groups is 1. The first kappa shape index (κ1) is 15.8. The van der Waals surface area contributed by atoms with Crippen molar-refractivity contribution < 1.29 is 4.74 Å². The third-order valence-corrected chi connectivity index (χ3v) is 4.14. The maximum absolute atomic E-state index is 11.1. The molecule has 5 rings (SSSR count). The predicted octanol–water partition coefficient (Wildman–Crippen LogP) is 4.93. The molecule has 0 atom stereocenters. The molecule has 0 fully saturated rings. The first-order valence-electron chi connectivity index (χ1n) is 8.27. The number of ether oxygens (including phenoxy) is 1. The molecule has 0 unspecified atom stereocenters. The van der Waals surface area contributed by atoms with E-state index in [9.17, 15) is 4.79 Å². The quantitative estimate of drug-likeness (QED) is 0.493. The van der Waals surface area contributed by atoms with Gasteiger partial charge in [-0.05, 0) is 29.7 Å². The lowest BCUT2D eigenvalue weighted by Crippen LogP contribution is -2.03. The molecule has 0 spiro atoms. The van der Waals surface area contributed by atoms with Crippen LogP contribution in [-0.4, -0.2) is 11.4 Å². The van der Waals surface area contributed by atoms with Crippen LogP contribution in [0.4, 0.5) is 5.69 Å². The van der Waals surface area contributed by atoms with Crippen LogP contribution in [0.5, 0.6) is 5.75 Å². The average Bonchev–Trinajstić information content (AvgIpc) is 2.89. The van der Waals surface area contributed by atoms with Gasteiger partial charge >= 0.3 is 0 Å². The molecule has 0 amide bonds. The molecular weight excluding hydrogens is 324 g/mol. The molecule has 0 saturated carbocycles. The Balaban J connectivity index is 0.000000136. The highest BCUT2D eigenvalue weighted by Gasteiger charge is 2.11. The molecule has 4 aromatic rings. The van der Waals surface area contributed by atoms with Gasteiger partial charge in [0.05, 0.1) is 5.69 Å². The molecule has 0 bridgehead atoms. The van der Waals surface area contributed by atoms with E-state index in [0.29, 0.717) is 0 Å². The van der Waals surface area contributed by atoms with Crippen molar-refractivity contribution in [1.82, 2.24) is 4.98 Å². The summed E-state index contributed by atoms with van der Waals surface area (Å²) in [6.45, 7) is 0. The van der Waals surface area contributed by atoms with E-state index in [2.05, 4.69) is 16.0 Å². The Bertz CT molecular complexity index is 1140. The van der Waals surface area contributed by atoms with Gasteiger partial charge in [-0.3, -0.25) is 4.79 Å². The van der Waals surface area contributed by atoms with Crippen molar-refractivity contribution in [2.75, 3.05) is 0 Å². The number of nitrogens with zero attached hydrogens (tertiary/aromatic N) is 1. The molecule has 1 N–H and O–H groups in total. The van der Waals surface area contributed by atoms with E-state index in [-0.39, 0.29) is 5.56 Å². The number of aromatic nitrogens is 1. The Kier molecular flexibility index (Phi) is 4.31. The van der Waals surface area contributed by atoms with Crippen LogP contribution < -0.4 is 10.3 Å². The third-order valence-electron chi connectivity index (χ3n) is 4.14. The Morgan fingerprint density at radius 3 is 2.38 bits per heavy atom. The van der Waals surface area contributed by atoms with Gasteiger partial charge in [-0.15, -0.1) is 0 Å². The van der Waals surface area contributed by atoms with Crippen LogP contribution in [0.25, 0.3) is 21.9 Å². The van der Waals surface area contributed by atoms with Crippen LogP contribution in [0.1, 0.15) is 0 Å². The van der Waals surface area contributed by atoms with E-state index in [4.69, 9.17) is 4.74 Å². The second-order valence-corrected chi connectivity index (χ2v) is 5.76. The van der Waals surface area contributed by atoms with E-state index in [1.54, 1.807) is 6.20 Å². The van der Waals surface area contributed by atoms with Gasteiger partial charge in [0.15, 0.2) is 6.40 Å². The maximum atomic E-state index is 11.1. The number of pyridine rings is 1. The highest BCUT2D eigenvalue weighted by atomic mass is 16.5. The highest BCUT2D eigenvalue weighted by molar-refractivity contribution is 5.84. The molecule has 0 aliphatic carbocycles. The second kappa shape index (κ2) is 7.07. The minimum atomic E-state index is -0.0249. The van der Waals surface area contributed by atoms with Crippen LogP contribution in [0.15, 0.2) is 94.8 Å². The zero-order valence-corrected chi connectivity index (χ0v) is 13.9. The Hall–Kier alpha value is -3.66. The number of fused-ring (bicyclic) bond motifs is 4. The molecule has 0 saturated heterocycles. The lowest BCUT2D eigenvalue weighted by atomic mass is 10.0. The fourth-order valence-electron chi connectivity index (χ4n) is 2.88. The lowest BCUT2D eigenvalue weighted by Gasteiger charge is -2.05. The third kappa shape index (κ3) is 3.13. The topological polar surface area (TPSA) is 54.4 Å². The van der Waals surface area contributed by atoms with Crippen LogP contribution in [-0.2, 0) is 0 Å². The van der Waals surface area contributed by atoms with Gasteiger partial charge in [-0.1, -0.05) is 54.6 Å². The number of benzene rings is 3. The summed E-state index contributed by atoms with van der Waals surface area (Å²) in [6.07, 6.45) is 3.15. The van der Waals surface area contributed by atoms with Gasteiger partial charge < -0.3 is 9.72 Å². The molecular formula is C22H16N2O2. The van der Waals surface area contributed by atoms with E-state index in [0.717, 1.165) is 33.3 Å². The number of hydrogen-bond donors (Lipinski definition) is 1. The van der Waals surface area contributed by atoms with Gasteiger partial charge in [0.2, 0.25) is 0 Å². The number of nitrogens with one attached hydrogen (secondary N) is 1. The standard InChI is InChI=1S/C13H9NO.C9H7NO/c1-3-7-12-10(5-1)11-6-2-4-8-13(11)15-9-14-12;11-9-8-4-2-1-3-7(8)5-6-10-9/h1-9H;1-6H,(H,10,11). The second-order valence-electron chi connectivity index (χ2n) is 5.76. The van der Waals surface area contributed by atoms with Crippen LogP contribution in [0.2, 0.25) is 0 Å². The minimum absolute atomic E-state index is 0.0249. The molecule has 3 aromatic carbocycles. The average molecular weight is 340 g/mol. The number of rotatable bonds is 0. The summed E-state index contributed by atoms with van der Waals surface area (Å²) >= 11 is 0. The maximum Gasteiger partial charge on any atom is 0.255 e. The lowest BCUT2D eigenvalue weighted by molar-refractivity contribution is 0.578. The number of H-pyrrole nitrogens is 1. The zero-order valence-electron chi connectivity index (χ0n) is 13.9. The molecule has 2 heterocycles. The van der Waals surface area contributed by atoms with Crippen molar-refractivity contribution in [2.24, 2.45) is 4.99 Å². The zero-order chi connectivity index (χ0) is 17.8. The largest absolute Gasteiger partial charge is 0.445 e. The first-order chi connectivity index (χ1) is 12.8. The fraction of sp³-hybridized carbons (Fsp3) is 0. The summed E-state index contributed by atoms with van der Waals surface area (Å²) in [5.74, 6) is 0.853. The van der Waals surface area contributed by atoms with Crippen LogP contribution in [0.3, 0.4) is 0 Å². The Labute approximate surface area is 150 Å². The summed E-state index contributed by atoms with van der Waals surface area (Å²) in [5, 5.41) is 1.73. The van der Waals surface area contributed by atoms with E-state index in [1.165, 1.54) is 6.40 Å². The number of hydrogen-bond acceptors (Lipinski definition) is 3. The highest BCUT2D eigenvalue weighted by Crippen LogP contribution is 2.37. The molecule has 1 aliphatic heterocycles. The Morgan fingerprint density at radius 1 is 0.769 bits per heavy atom. The molecule has 1 aliphatic rings. The van der Waals surface area contributed by atoms with Crippen molar-refractivity contribution in [3.63, 3.8) is 0 Å². The van der Waals surface area contributed by atoms with Crippen molar-refractivity contribution in [3.8, 4) is 16.9 Å². The van der Waals surface area contributed by atoms with Crippen LogP contribution in [0, 0.1) is 0 Å². The molecule has 0 radical (unpaired) electrons. The van der Waals surface area contributed by atoms with Gasteiger partial charge in [0.1, 0.15) is 5.75 Å². The minimum Gasteiger partial charge on any atom is -0.445 e. The van der Waals surface area contributed by atoms with Crippen molar-refractivity contribution in [3.05, 3.63) is 95.4 Å². The van der Waals surface area contributed by atoms with Crippen molar-refractivity contribution >= 4 is 22.9 Å². The summed E-state index contributed by atoms with van der Waals surface area (Å²) in [6, 6.07) is 25.4. The number of para-hydroxylation sites is 2. The van der Waals surface area contributed by atoms with E-state index < -0.39 is 0 Å². The first-order valence-corrected chi connectivity index (χ1v) is 8.27. The van der Waals surface area contributed by atoms with Gasteiger partial charge in [-0.25, -0.2) is 4.99 Å². The monoisotopic (exact) mass is 340 g/mol. The van der Waals surface area contributed by atoms with E-state index >= 15 is 0 Å². The Morgan fingerprint density at radius 2 is 1.50 bits per heavy atom. The van der Waals surface area contributed by atoms with Gasteiger partial charge in [0, 0.05) is 22.7 Å². The summed E-state index contributed by atoms with van der Waals surface area (Å²) in [5.41, 5.74) is 3.12. The molecule has 26 heavy (non-hydrogen) atoms. The normalized spacial score (nSPS) is 11.4. The summed E-state index contributed by atoms with van der Waals surface area (Å²) < 4.78 is 5.44. The molecule has 4 nitrogen and oxygen atoms in total. The smallest absolute Gasteiger partial charge is 0.255 e. The predicted molar refractivity (Wildman–Crippen MR) is 105 cm³/mol. The van der Waals surface area contributed by atoms with Gasteiger partial charge in [0.25, 0.3) is 5.56 Å². The SMILES string of the molecule is C1=Nc2ccccc2-c2ccccc2O1.O=c1[nH]ccc2ccccc12. The van der Waals surface area contributed by atoms with Crippen molar-refractivity contribution in [1.29, 1.82) is 0 Å². The fourth-order valence-corrected chi connectivity index (χ4v) is 2.88. The van der Waals surface area contributed by atoms with Crippen LogP contribution >= 0.6 is 0 Å². The van der Waals surface area contributed by atoms with Crippen molar-refractivity contribution in [2.45, 2.75) is 0 Å².